The Labute approximate surface area is 102 Å². The molecule has 3 nitrogen and oxygen atoms in total. The van der Waals surface area contributed by atoms with Gasteiger partial charge in [0.1, 0.15) is 15.6 Å². The van der Waals surface area contributed by atoms with Crippen LogP contribution in [0.2, 0.25) is 0 Å². The van der Waals surface area contributed by atoms with Gasteiger partial charge >= 0.3 is 0 Å². The van der Waals surface area contributed by atoms with E-state index >= 15 is 0 Å². The van der Waals surface area contributed by atoms with E-state index < -0.39 is 9.84 Å². The van der Waals surface area contributed by atoms with E-state index in [1.54, 1.807) is 12.1 Å². The van der Waals surface area contributed by atoms with Gasteiger partial charge in [-0.1, -0.05) is 19.1 Å². The normalized spacial score (nSPS) is 22.2. The number of benzene rings is 1. The van der Waals surface area contributed by atoms with Gasteiger partial charge in [0, 0.05) is 0 Å². The Morgan fingerprint density at radius 3 is 2.53 bits per heavy atom. The minimum atomic E-state index is -2.79. The van der Waals surface area contributed by atoms with Gasteiger partial charge in [-0.2, -0.15) is 0 Å². The van der Waals surface area contributed by atoms with Gasteiger partial charge < -0.3 is 5.11 Å². The summed E-state index contributed by atoms with van der Waals surface area (Å²) in [7, 11) is -2.79. The molecule has 0 bridgehead atoms. The van der Waals surface area contributed by atoms with Crippen molar-refractivity contribution in [3.05, 3.63) is 29.8 Å². The molecule has 0 amide bonds. The molecule has 0 aromatic heterocycles. The summed E-state index contributed by atoms with van der Waals surface area (Å²) in [4.78, 5) is 0. The lowest BCUT2D eigenvalue weighted by atomic mass is 9.84. The molecule has 0 saturated carbocycles. The van der Waals surface area contributed by atoms with Crippen LogP contribution in [0.5, 0.6) is 5.75 Å². The van der Waals surface area contributed by atoms with Crippen LogP contribution >= 0.6 is 0 Å². The summed E-state index contributed by atoms with van der Waals surface area (Å²) in [5.74, 6) is 1.59. The molecular weight excluding hydrogens is 236 g/mol. The number of aromatic hydroxyl groups is 1. The Morgan fingerprint density at radius 2 is 1.94 bits per heavy atom. The lowest BCUT2D eigenvalue weighted by Gasteiger charge is -2.28. The van der Waals surface area contributed by atoms with Crippen molar-refractivity contribution in [2.24, 2.45) is 5.92 Å². The molecule has 94 valence electrons. The Balaban J connectivity index is 2.09. The first-order valence-corrected chi connectivity index (χ1v) is 7.79. The van der Waals surface area contributed by atoms with Gasteiger partial charge in [-0.05, 0) is 42.4 Å². The zero-order valence-corrected chi connectivity index (χ0v) is 10.8. The molecule has 1 unspecified atom stereocenters. The fourth-order valence-corrected chi connectivity index (χ4v) is 4.02. The highest BCUT2D eigenvalue weighted by molar-refractivity contribution is 7.91. The highest BCUT2D eigenvalue weighted by Crippen LogP contribution is 2.33. The maximum absolute atomic E-state index is 11.4. The van der Waals surface area contributed by atoms with E-state index in [0.29, 0.717) is 23.3 Å². The van der Waals surface area contributed by atoms with E-state index in [1.807, 2.05) is 12.1 Å². The average molecular weight is 254 g/mol. The third-order valence-corrected chi connectivity index (χ3v) is 5.42. The molecule has 0 aliphatic carbocycles. The summed E-state index contributed by atoms with van der Waals surface area (Å²) in [6.45, 7) is 2.11. The zero-order valence-electron chi connectivity index (χ0n) is 9.96. The highest BCUT2D eigenvalue weighted by atomic mass is 32.2. The van der Waals surface area contributed by atoms with Crippen molar-refractivity contribution in [3.8, 4) is 5.75 Å². The summed E-state index contributed by atoms with van der Waals surface area (Å²) >= 11 is 0. The van der Waals surface area contributed by atoms with Crippen molar-refractivity contribution in [2.75, 3.05) is 11.5 Å². The molecule has 2 rings (SSSR count). The molecule has 0 radical (unpaired) electrons. The molecule has 1 saturated heterocycles. The van der Waals surface area contributed by atoms with E-state index in [-0.39, 0.29) is 5.75 Å². The predicted molar refractivity (Wildman–Crippen MR) is 67.9 cm³/mol. The first-order chi connectivity index (χ1) is 7.98. The topological polar surface area (TPSA) is 54.4 Å². The van der Waals surface area contributed by atoms with Crippen molar-refractivity contribution >= 4 is 9.84 Å². The van der Waals surface area contributed by atoms with Crippen LogP contribution in [0.15, 0.2) is 24.3 Å². The summed E-state index contributed by atoms with van der Waals surface area (Å²) in [6, 6.07) is 7.25. The van der Waals surface area contributed by atoms with E-state index in [4.69, 9.17) is 0 Å². The maximum Gasteiger partial charge on any atom is 0.150 e. The average Bonchev–Trinajstić information content (AvgIpc) is 2.28. The van der Waals surface area contributed by atoms with E-state index in [0.717, 1.165) is 18.4 Å². The van der Waals surface area contributed by atoms with Crippen molar-refractivity contribution in [2.45, 2.75) is 25.7 Å². The molecule has 4 heteroatoms. The molecule has 1 atom stereocenters. The van der Waals surface area contributed by atoms with Crippen molar-refractivity contribution in [3.63, 3.8) is 0 Å². The van der Waals surface area contributed by atoms with Crippen LogP contribution in [0.3, 0.4) is 0 Å². The summed E-state index contributed by atoms with van der Waals surface area (Å²) < 4.78 is 22.7. The lowest BCUT2D eigenvalue weighted by Crippen LogP contribution is -2.26. The van der Waals surface area contributed by atoms with E-state index in [9.17, 15) is 13.5 Å². The first kappa shape index (κ1) is 12.4. The third kappa shape index (κ3) is 3.00. The monoisotopic (exact) mass is 254 g/mol. The van der Waals surface area contributed by atoms with Crippen molar-refractivity contribution in [1.29, 1.82) is 0 Å². The zero-order chi connectivity index (χ0) is 12.5. The SMILES string of the molecule is CC(c1cccc(O)c1)C1CCS(=O)(=O)CC1. The highest BCUT2D eigenvalue weighted by Gasteiger charge is 2.28. The smallest absolute Gasteiger partial charge is 0.150 e. The predicted octanol–water partition coefficient (Wildman–Crippen LogP) is 2.32. The largest absolute Gasteiger partial charge is 0.508 e. The second-order valence-electron chi connectivity index (χ2n) is 4.87. The van der Waals surface area contributed by atoms with Gasteiger partial charge in [-0.15, -0.1) is 0 Å². The number of hydrogen-bond acceptors (Lipinski definition) is 3. The lowest BCUT2D eigenvalue weighted by molar-refractivity contribution is 0.401. The summed E-state index contributed by atoms with van der Waals surface area (Å²) in [6.07, 6.45) is 1.47. The van der Waals surface area contributed by atoms with Crippen LogP contribution in [0, 0.1) is 5.92 Å². The second kappa shape index (κ2) is 4.69. The molecular formula is C13H18O3S. The van der Waals surface area contributed by atoms with Crippen LogP contribution in [0.25, 0.3) is 0 Å². The maximum atomic E-state index is 11.4. The van der Waals surface area contributed by atoms with Gasteiger partial charge in [0.15, 0.2) is 0 Å². The Kier molecular flexibility index (Phi) is 3.43. The fraction of sp³-hybridized carbons (Fsp3) is 0.538. The van der Waals surface area contributed by atoms with Gasteiger partial charge in [0.25, 0.3) is 0 Å². The number of sulfone groups is 1. The molecule has 1 fully saturated rings. The molecule has 1 aromatic carbocycles. The number of hydrogen-bond donors (Lipinski definition) is 1. The van der Waals surface area contributed by atoms with Crippen LogP contribution < -0.4 is 0 Å². The Bertz CT molecular complexity index is 479. The first-order valence-electron chi connectivity index (χ1n) is 5.97. The van der Waals surface area contributed by atoms with Gasteiger partial charge in [0.2, 0.25) is 0 Å². The molecule has 1 heterocycles. The Morgan fingerprint density at radius 1 is 1.29 bits per heavy atom. The van der Waals surface area contributed by atoms with Crippen LogP contribution in [0.1, 0.15) is 31.2 Å². The van der Waals surface area contributed by atoms with E-state index in [1.165, 1.54) is 0 Å². The Hall–Kier alpha value is -1.03. The fourth-order valence-electron chi connectivity index (χ4n) is 2.49. The minimum absolute atomic E-state index is 0.276. The van der Waals surface area contributed by atoms with Gasteiger partial charge in [0.05, 0.1) is 11.5 Å². The molecule has 17 heavy (non-hydrogen) atoms. The van der Waals surface area contributed by atoms with Crippen LogP contribution in [0.4, 0.5) is 0 Å². The van der Waals surface area contributed by atoms with E-state index in [2.05, 4.69) is 6.92 Å². The summed E-state index contributed by atoms with van der Waals surface area (Å²) in [5.41, 5.74) is 1.09. The van der Waals surface area contributed by atoms with Crippen molar-refractivity contribution in [1.82, 2.24) is 0 Å². The second-order valence-corrected chi connectivity index (χ2v) is 7.18. The van der Waals surface area contributed by atoms with Crippen LogP contribution in [-0.2, 0) is 9.84 Å². The van der Waals surface area contributed by atoms with Gasteiger partial charge in [-0.25, -0.2) is 8.42 Å². The summed E-state index contributed by atoms with van der Waals surface area (Å²) in [5, 5.41) is 9.45. The standard InChI is InChI=1S/C13H18O3S/c1-10(12-3-2-4-13(14)9-12)11-5-7-17(15,16)8-6-11/h2-4,9-11,14H,5-8H2,1H3. The quantitative estimate of drug-likeness (QED) is 0.881. The third-order valence-electron chi connectivity index (χ3n) is 3.70. The molecule has 1 aliphatic heterocycles. The molecule has 1 aliphatic rings. The number of phenols is 1. The van der Waals surface area contributed by atoms with Gasteiger partial charge in [-0.3, -0.25) is 0 Å². The molecule has 1 N–H and O–H groups in total. The number of rotatable bonds is 2. The molecule has 0 spiro atoms. The minimum Gasteiger partial charge on any atom is -0.508 e. The number of phenolic OH excluding ortho intramolecular Hbond substituents is 1. The van der Waals surface area contributed by atoms with Crippen molar-refractivity contribution < 1.29 is 13.5 Å². The molecule has 1 aromatic rings. The van der Waals surface area contributed by atoms with Crippen LogP contribution in [-0.4, -0.2) is 25.0 Å².